The first-order valence-corrected chi connectivity index (χ1v) is 10.1. The van der Waals surface area contributed by atoms with Gasteiger partial charge in [-0.2, -0.15) is 4.98 Å². The summed E-state index contributed by atoms with van der Waals surface area (Å²) in [5, 5.41) is 7.02. The minimum atomic E-state index is -4.10. The molecule has 0 spiro atoms. The zero-order valence-corrected chi connectivity index (χ0v) is 16.6. The van der Waals surface area contributed by atoms with Crippen molar-refractivity contribution in [3.63, 3.8) is 0 Å². The van der Waals surface area contributed by atoms with Crippen molar-refractivity contribution in [2.24, 2.45) is 0 Å². The van der Waals surface area contributed by atoms with E-state index in [-0.39, 0.29) is 36.2 Å². The van der Waals surface area contributed by atoms with Crippen LogP contribution in [0.3, 0.4) is 0 Å². The molecule has 8 nitrogen and oxygen atoms in total. The molecule has 2 aliphatic rings. The summed E-state index contributed by atoms with van der Waals surface area (Å²) in [5.41, 5.74) is -0.640. The van der Waals surface area contributed by atoms with Crippen LogP contribution in [0.25, 0.3) is 11.5 Å². The number of sulfonamides is 1. The maximum Gasteiger partial charge on any atom is 0.264 e. The highest BCUT2D eigenvalue weighted by molar-refractivity contribution is 7.89. The summed E-state index contributed by atoms with van der Waals surface area (Å²) in [5.74, 6) is -2.32. The maximum atomic E-state index is 14.9. The van der Waals surface area contributed by atoms with Gasteiger partial charge in [-0.1, -0.05) is 5.16 Å². The summed E-state index contributed by atoms with van der Waals surface area (Å²) in [4.78, 5) is 5.48. The van der Waals surface area contributed by atoms with Crippen LogP contribution in [0.2, 0.25) is 0 Å². The second kappa shape index (κ2) is 7.99. The van der Waals surface area contributed by atoms with Crippen molar-refractivity contribution >= 4 is 22.4 Å². The van der Waals surface area contributed by atoms with Gasteiger partial charge >= 0.3 is 0 Å². The molecule has 1 atom stereocenters. The minimum absolute atomic E-state index is 0. The Morgan fingerprint density at radius 2 is 2.07 bits per heavy atom. The fourth-order valence-corrected chi connectivity index (χ4v) is 4.37. The monoisotopic (exact) mass is 435 g/mol. The zero-order valence-electron chi connectivity index (χ0n) is 15.0. The molecule has 2 heterocycles. The predicted molar refractivity (Wildman–Crippen MR) is 98.5 cm³/mol. The van der Waals surface area contributed by atoms with Gasteiger partial charge in [0.15, 0.2) is 11.6 Å². The average Bonchev–Trinajstić information content (AvgIpc) is 3.28. The summed E-state index contributed by atoms with van der Waals surface area (Å²) < 4.78 is 61.3. The molecule has 2 N–H and O–H groups in total. The van der Waals surface area contributed by atoms with E-state index < -0.39 is 32.1 Å². The van der Waals surface area contributed by atoms with Gasteiger partial charge in [-0.05, 0) is 32.0 Å². The Hall–Kier alpha value is -1.66. The predicted octanol–water partition coefficient (Wildman–Crippen LogP) is 1.45. The van der Waals surface area contributed by atoms with Gasteiger partial charge < -0.3 is 9.84 Å². The molecule has 1 unspecified atom stereocenters. The van der Waals surface area contributed by atoms with Crippen molar-refractivity contribution in [1.29, 1.82) is 0 Å². The van der Waals surface area contributed by atoms with Crippen molar-refractivity contribution in [3.8, 4) is 11.5 Å². The van der Waals surface area contributed by atoms with E-state index in [9.17, 15) is 17.2 Å². The summed E-state index contributed by atoms with van der Waals surface area (Å²) in [7, 11) is -2.21. The lowest BCUT2D eigenvalue weighted by Gasteiger charge is -2.30. The molecule has 2 aromatic rings. The number of benzene rings is 1. The van der Waals surface area contributed by atoms with Crippen molar-refractivity contribution in [2.75, 3.05) is 26.7 Å². The summed E-state index contributed by atoms with van der Waals surface area (Å²) in [6.45, 7) is 2.15. The molecule has 0 radical (unpaired) electrons. The van der Waals surface area contributed by atoms with Crippen molar-refractivity contribution in [2.45, 2.75) is 29.8 Å². The van der Waals surface area contributed by atoms with Gasteiger partial charge in [0.05, 0.1) is 6.04 Å². The number of aromatic nitrogens is 2. The molecule has 2 fully saturated rings. The molecule has 12 heteroatoms. The van der Waals surface area contributed by atoms with Crippen molar-refractivity contribution in [1.82, 2.24) is 25.1 Å². The van der Waals surface area contributed by atoms with Gasteiger partial charge in [0.25, 0.3) is 5.89 Å². The number of hydrogen-bond donors (Lipinski definition) is 2. The van der Waals surface area contributed by atoms with Crippen LogP contribution in [0, 0.1) is 11.6 Å². The summed E-state index contributed by atoms with van der Waals surface area (Å²) >= 11 is 0. The fraction of sp³-hybridized carbons (Fsp3) is 0.500. The second-order valence-corrected chi connectivity index (χ2v) is 8.47. The van der Waals surface area contributed by atoms with Crippen LogP contribution in [-0.2, 0) is 10.0 Å². The third-order valence-electron chi connectivity index (χ3n) is 4.71. The molecule has 1 aliphatic carbocycles. The first kappa shape index (κ1) is 21.1. The summed E-state index contributed by atoms with van der Waals surface area (Å²) in [6.07, 6.45) is 1.40. The summed E-state index contributed by atoms with van der Waals surface area (Å²) in [6, 6.07) is 1.38. The molecule has 1 saturated carbocycles. The van der Waals surface area contributed by atoms with Crippen LogP contribution >= 0.6 is 12.4 Å². The molecule has 1 saturated heterocycles. The quantitative estimate of drug-likeness (QED) is 0.733. The second-order valence-electron chi connectivity index (χ2n) is 6.79. The molecule has 28 heavy (non-hydrogen) atoms. The Labute approximate surface area is 167 Å². The first-order valence-electron chi connectivity index (χ1n) is 8.62. The normalized spacial score (nSPS) is 20.8. The molecular formula is C16H20ClF2N5O3S. The third kappa shape index (κ3) is 4.03. The van der Waals surface area contributed by atoms with Crippen LogP contribution in [0.15, 0.2) is 21.6 Å². The lowest BCUT2D eigenvalue weighted by Crippen LogP contribution is -2.44. The van der Waals surface area contributed by atoms with Gasteiger partial charge in [-0.15, -0.1) is 12.4 Å². The van der Waals surface area contributed by atoms with Crippen LogP contribution < -0.4 is 10.0 Å². The van der Waals surface area contributed by atoms with Gasteiger partial charge in [0.2, 0.25) is 10.0 Å². The van der Waals surface area contributed by atoms with Crippen LogP contribution in [0.4, 0.5) is 8.78 Å². The number of piperazine rings is 1. The third-order valence-corrected chi connectivity index (χ3v) is 6.25. The number of halogens is 3. The SMILES string of the molecule is CN1CCNCC1c1noc(-c2c(F)ccc(S(=O)(=O)NC3CC3)c2F)n1.Cl. The topological polar surface area (TPSA) is 100 Å². The highest BCUT2D eigenvalue weighted by atomic mass is 35.5. The number of nitrogens with one attached hydrogen (secondary N) is 2. The lowest BCUT2D eigenvalue weighted by atomic mass is 10.2. The number of nitrogens with zero attached hydrogens (tertiary/aromatic N) is 3. The Morgan fingerprint density at radius 1 is 1.32 bits per heavy atom. The molecule has 1 aromatic carbocycles. The Balaban J connectivity index is 0.00000225. The Kier molecular flexibility index (Phi) is 6.01. The number of hydrogen-bond acceptors (Lipinski definition) is 7. The van der Waals surface area contributed by atoms with E-state index in [4.69, 9.17) is 4.52 Å². The van der Waals surface area contributed by atoms with E-state index >= 15 is 0 Å². The molecule has 4 rings (SSSR count). The van der Waals surface area contributed by atoms with Crippen LogP contribution in [0.5, 0.6) is 0 Å². The average molecular weight is 436 g/mol. The number of rotatable bonds is 5. The van der Waals surface area contributed by atoms with Crippen LogP contribution in [0.1, 0.15) is 24.7 Å². The van der Waals surface area contributed by atoms with E-state index in [1.165, 1.54) is 0 Å². The molecular weight excluding hydrogens is 416 g/mol. The van der Waals surface area contributed by atoms with Crippen molar-refractivity contribution < 1.29 is 21.7 Å². The lowest BCUT2D eigenvalue weighted by molar-refractivity contribution is 0.190. The van der Waals surface area contributed by atoms with Crippen molar-refractivity contribution in [3.05, 3.63) is 29.6 Å². The minimum Gasteiger partial charge on any atom is -0.334 e. The molecule has 0 amide bonds. The van der Waals surface area contributed by atoms with E-state index in [2.05, 4.69) is 20.2 Å². The van der Waals surface area contributed by atoms with Gasteiger partial charge in [-0.3, -0.25) is 4.90 Å². The molecule has 0 bridgehead atoms. The standard InChI is InChI=1S/C16H19F2N5O3S.ClH/c1-23-7-6-19-8-11(23)15-20-16(26-21-15)13-10(17)4-5-12(14(13)18)27(24,25)22-9-2-3-9;/h4-5,9,11,19,22H,2-3,6-8H2,1H3;1H. The Morgan fingerprint density at radius 3 is 2.75 bits per heavy atom. The molecule has 154 valence electrons. The smallest absolute Gasteiger partial charge is 0.264 e. The molecule has 1 aliphatic heterocycles. The van der Waals surface area contributed by atoms with E-state index in [1.54, 1.807) is 0 Å². The van der Waals surface area contributed by atoms with E-state index in [0.29, 0.717) is 19.4 Å². The van der Waals surface area contributed by atoms with E-state index in [0.717, 1.165) is 25.2 Å². The van der Waals surface area contributed by atoms with Gasteiger partial charge in [0.1, 0.15) is 16.3 Å². The highest BCUT2D eigenvalue weighted by Crippen LogP contribution is 2.31. The largest absolute Gasteiger partial charge is 0.334 e. The number of likely N-dealkylation sites (N-methyl/N-ethyl adjacent to an activating group) is 1. The highest BCUT2D eigenvalue weighted by Gasteiger charge is 2.33. The first-order chi connectivity index (χ1) is 12.9. The fourth-order valence-electron chi connectivity index (χ4n) is 2.99. The molecule has 1 aromatic heterocycles. The van der Waals surface area contributed by atoms with Crippen LogP contribution in [-0.4, -0.2) is 56.2 Å². The van der Waals surface area contributed by atoms with Gasteiger partial charge in [0, 0.05) is 25.7 Å². The Bertz CT molecular complexity index is 967. The van der Waals surface area contributed by atoms with E-state index in [1.807, 2.05) is 11.9 Å². The zero-order chi connectivity index (χ0) is 19.2. The maximum absolute atomic E-state index is 14.9. The van der Waals surface area contributed by atoms with Gasteiger partial charge in [-0.25, -0.2) is 21.9 Å².